The molecule has 0 unspecified atom stereocenters. The summed E-state index contributed by atoms with van der Waals surface area (Å²) in [6.45, 7) is 1.42. The highest BCUT2D eigenvalue weighted by Crippen LogP contribution is 2.26. The summed E-state index contributed by atoms with van der Waals surface area (Å²) in [5.41, 5.74) is 1.61. The Balaban J connectivity index is 1.86. The Kier molecular flexibility index (Phi) is 7.72. The number of benzene rings is 2. The Labute approximate surface area is 165 Å². The molecule has 5 nitrogen and oxygen atoms in total. The van der Waals surface area contributed by atoms with Gasteiger partial charge in [0.1, 0.15) is 0 Å². The maximum Gasteiger partial charge on any atom is 0.331 e. The first-order valence-electron chi connectivity index (χ1n) is 8.12. The quantitative estimate of drug-likeness (QED) is 0.420. The third-order valence-corrected chi connectivity index (χ3v) is 4.18. The average molecular weight is 402 g/mol. The molecule has 0 saturated carbocycles. The van der Waals surface area contributed by atoms with Crippen molar-refractivity contribution in [1.29, 1.82) is 5.26 Å². The van der Waals surface area contributed by atoms with Crippen LogP contribution in [0.25, 0.3) is 6.08 Å². The fourth-order valence-corrected chi connectivity index (χ4v) is 2.56. The lowest BCUT2D eigenvalue weighted by Crippen LogP contribution is -2.29. The van der Waals surface area contributed by atoms with Crippen LogP contribution in [0.2, 0.25) is 0 Å². The lowest BCUT2D eigenvalue weighted by atomic mass is 10.1. The number of carbonyl (C=O) groups is 2. The van der Waals surface area contributed by atoms with Gasteiger partial charge in [0.15, 0.2) is 6.10 Å². The first-order valence-corrected chi connectivity index (χ1v) is 9.00. The zero-order valence-electron chi connectivity index (χ0n) is 14.8. The molecule has 0 aliphatic rings. The van der Waals surface area contributed by atoms with Crippen LogP contribution in [0.5, 0.6) is 0 Å². The summed E-state index contributed by atoms with van der Waals surface area (Å²) in [6, 6.07) is 14.5. The van der Waals surface area contributed by atoms with Gasteiger partial charge in [-0.15, -0.1) is 0 Å². The van der Waals surface area contributed by atoms with Crippen LogP contribution in [-0.2, 0) is 14.3 Å². The van der Waals surface area contributed by atoms with Crippen LogP contribution in [0, 0.1) is 11.3 Å². The second kappa shape index (κ2) is 10.2. The van der Waals surface area contributed by atoms with Crippen LogP contribution in [0.15, 0.2) is 59.5 Å². The lowest BCUT2D eigenvalue weighted by molar-refractivity contribution is -0.148. The standard InChI is InChI=1S/C20H16F2N2O3S/c1-13(19(26)24-16-7-9-17(10-8-16)28-20(21)22)27-18(25)11-6-14-2-4-15(12-23)5-3-14/h2-11,13,20H,1H3,(H,24,26)/b11-6+/t13-/m1/s1. The number of halogens is 2. The van der Waals surface area contributed by atoms with Crippen LogP contribution < -0.4 is 5.32 Å². The van der Waals surface area contributed by atoms with E-state index in [9.17, 15) is 18.4 Å². The number of nitriles is 1. The molecular weight excluding hydrogens is 386 g/mol. The number of nitrogens with zero attached hydrogens (tertiary/aromatic N) is 1. The zero-order valence-corrected chi connectivity index (χ0v) is 15.6. The Morgan fingerprint density at radius 1 is 1.14 bits per heavy atom. The molecule has 0 saturated heterocycles. The number of carbonyl (C=O) groups excluding carboxylic acids is 2. The van der Waals surface area contributed by atoms with Crippen LogP contribution in [0.1, 0.15) is 18.1 Å². The molecule has 0 radical (unpaired) electrons. The molecule has 144 valence electrons. The van der Waals surface area contributed by atoms with E-state index in [0.717, 1.165) is 0 Å². The molecule has 0 spiro atoms. The second-order valence-electron chi connectivity index (χ2n) is 5.54. The van der Waals surface area contributed by atoms with E-state index in [1.165, 1.54) is 43.3 Å². The van der Waals surface area contributed by atoms with Gasteiger partial charge >= 0.3 is 5.97 Å². The molecule has 0 aliphatic carbocycles. The smallest absolute Gasteiger partial charge is 0.331 e. The van der Waals surface area contributed by atoms with Crippen molar-refractivity contribution >= 4 is 35.4 Å². The first-order chi connectivity index (χ1) is 13.4. The van der Waals surface area contributed by atoms with Gasteiger partial charge in [0.05, 0.1) is 11.6 Å². The summed E-state index contributed by atoms with van der Waals surface area (Å²) in [6.07, 6.45) is 1.64. The number of anilines is 1. The van der Waals surface area contributed by atoms with E-state index in [1.807, 2.05) is 6.07 Å². The van der Waals surface area contributed by atoms with Gasteiger partial charge in [0.25, 0.3) is 11.7 Å². The molecule has 1 amide bonds. The molecule has 8 heteroatoms. The highest BCUT2D eigenvalue weighted by atomic mass is 32.2. The molecule has 0 aromatic heterocycles. The van der Waals surface area contributed by atoms with Crippen LogP contribution >= 0.6 is 11.8 Å². The molecule has 2 aromatic rings. The monoisotopic (exact) mass is 402 g/mol. The normalized spacial score (nSPS) is 11.8. The number of esters is 1. The number of amides is 1. The van der Waals surface area contributed by atoms with E-state index in [4.69, 9.17) is 10.00 Å². The second-order valence-corrected chi connectivity index (χ2v) is 6.60. The minimum absolute atomic E-state index is 0.375. The van der Waals surface area contributed by atoms with E-state index in [-0.39, 0.29) is 0 Å². The van der Waals surface area contributed by atoms with Gasteiger partial charge < -0.3 is 10.1 Å². The molecule has 0 bridgehead atoms. The molecule has 0 fully saturated rings. The van der Waals surface area contributed by atoms with Crippen molar-refractivity contribution in [2.75, 3.05) is 5.32 Å². The fourth-order valence-electron chi connectivity index (χ4n) is 2.06. The van der Waals surface area contributed by atoms with E-state index in [0.29, 0.717) is 33.5 Å². The van der Waals surface area contributed by atoms with Crippen molar-refractivity contribution in [3.05, 3.63) is 65.7 Å². The molecule has 0 aliphatic heterocycles. The van der Waals surface area contributed by atoms with Crippen molar-refractivity contribution in [3.8, 4) is 6.07 Å². The van der Waals surface area contributed by atoms with E-state index >= 15 is 0 Å². The number of hydrogen-bond acceptors (Lipinski definition) is 5. The summed E-state index contributed by atoms with van der Waals surface area (Å²) in [4.78, 5) is 24.3. The van der Waals surface area contributed by atoms with Gasteiger partial charge in [-0.25, -0.2) is 4.79 Å². The van der Waals surface area contributed by atoms with Crippen molar-refractivity contribution in [1.82, 2.24) is 0 Å². The van der Waals surface area contributed by atoms with E-state index < -0.39 is 23.7 Å². The van der Waals surface area contributed by atoms with Gasteiger partial charge in [-0.1, -0.05) is 23.9 Å². The van der Waals surface area contributed by atoms with Crippen molar-refractivity contribution in [2.24, 2.45) is 0 Å². The van der Waals surface area contributed by atoms with Crippen LogP contribution in [-0.4, -0.2) is 23.7 Å². The van der Waals surface area contributed by atoms with Crippen LogP contribution in [0.4, 0.5) is 14.5 Å². The number of nitrogens with one attached hydrogen (secondary N) is 1. The molecule has 28 heavy (non-hydrogen) atoms. The lowest BCUT2D eigenvalue weighted by Gasteiger charge is -2.12. The van der Waals surface area contributed by atoms with Crippen molar-refractivity contribution in [3.63, 3.8) is 0 Å². The van der Waals surface area contributed by atoms with E-state index in [1.54, 1.807) is 24.3 Å². The minimum Gasteiger partial charge on any atom is -0.449 e. The van der Waals surface area contributed by atoms with Gasteiger partial charge in [-0.05, 0) is 55.0 Å². The predicted molar refractivity (Wildman–Crippen MR) is 103 cm³/mol. The third-order valence-electron chi connectivity index (χ3n) is 3.46. The van der Waals surface area contributed by atoms with Crippen molar-refractivity contribution in [2.45, 2.75) is 23.7 Å². The average Bonchev–Trinajstić information content (AvgIpc) is 2.67. The summed E-state index contributed by atoms with van der Waals surface area (Å²) >= 11 is 0.407. The fraction of sp³-hybridized carbons (Fsp3) is 0.150. The van der Waals surface area contributed by atoms with E-state index in [2.05, 4.69) is 5.32 Å². The van der Waals surface area contributed by atoms with Gasteiger partial charge in [0, 0.05) is 16.7 Å². The largest absolute Gasteiger partial charge is 0.449 e. The highest BCUT2D eigenvalue weighted by molar-refractivity contribution is 7.99. The third kappa shape index (κ3) is 6.85. The number of rotatable bonds is 7. The summed E-state index contributed by atoms with van der Waals surface area (Å²) in [7, 11) is 0. The Morgan fingerprint density at radius 2 is 1.79 bits per heavy atom. The molecule has 2 aromatic carbocycles. The number of ether oxygens (including phenoxy) is 1. The predicted octanol–water partition coefficient (Wildman–Crippen LogP) is 4.46. The molecule has 2 rings (SSSR count). The van der Waals surface area contributed by atoms with Gasteiger partial charge in [-0.2, -0.15) is 14.0 Å². The maximum absolute atomic E-state index is 12.3. The minimum atomic E-state index is -2.52. The number of thioether (sulfide) groups is 1. The number of hydrogen-bond donors (Lipinski definition) is 1. The highest BCUT2D eigenvalue weighted by Gasteiger charge is 2.16. The summed E-state index contributed by atoms with van der Waals surface area (Å²) in [5, 5.41) is 11.3. The Hall–Kier alpha value is -3.18. The van der Waals surface area contributed by atoms with Crippen LogP contribution in [0.3, 0.4) is 0 Å². The molecule has 1 N–H and O–H groups in total. The zero-order chi connectivity index (χ0) is 20.5. The van der Waals surface area contributed by atoms with Gasteiger partial charge in [-0.3, -0.25) is 4.79 Å². The maximum atomic E-state index is 12.3. The number of alkyl halides is 2. The van der Waals surface area contributed by atoms with Gasteiger partial charge in [0.2, 0.25) is 0 Å². The Morgan fingerprint density at radius 3 is 2.36 bits per heavy atom. The SMILES string of the molecule is C[C@@H](OC(=O)/C=C/c1ccc(C#N)cc1)C(=O)Nc1ccc(SC(F)F)cc1. The summed E-state index contributed by atoms with van der Waals surface area (Å²) in [5.74, 6) is -3.76. The summed E-state index contributed by atoms with van der Waals surface area (Å²) < 4.78 is 29.6. The first kappa shape index (κ1) is 21.1. The molecule has 1 atom stereocenters. The Bertz CT molecular complexity index is 891. The molecular formula is C20H16F2N2O3S. The topological polar surface area (TPSA) is 79.2 Å². The van der Waals surface area contributed by atoms with Crippen molar-refractivity contribution < 1.29 is 23.1 Å². The molecule has 0 heterocycles.